The SMILES string of the molecule is CCn1c(C(C)C)nc(C(C)CC(C)C)c1N. The molecule has 2 N–H and O–H groups in total. The summed E-state index contributed by atoms with van der Waals surface area (Å²) in [6, 6.07) is 0. The third-order valence-electron chi connectivity index (χ3n) is 3.19. The predicted octanol–water partition coefficient (Wildman–Crippen LogP) is 3.76. The van der Waals surface area contributed by atoms with Crippen molar-refractivity contribution in [3.05, 3.63) is 11.5 Å². The van der Waals surface area contributed by atoms with Gasteiger partial charge in [-0.1, -0.05) is 34.6 Å². The molecule has 0 spiro atoms. The number of anilines is 1. The molecule has 1 aromatic heterocycles. The van der Waals surface area contributed by atoms with Crippen LogP contribution in [0.25, 0.3) is 0 Å². The predicted molar refractivity (Wildman–Crippen MR) is 74.3 cm³/mol. The maximum atomic E-state index is 6.23. The van der Waals surface area contributed by atoms with E-state index < -0.39 is 0 Å². The largest absolute Gasteiger partial charge is 0.384 e. The van der Waals surface area contributed by atoms with Gasteiger partial charge >= 0.3 is 0 Å². The molecule has 0 aliphatic rings. The molecule has 3 nitrogen and oxygen atoms in total. The second-order valence-corrected chi connectivity index (χ2v) is 5.67. The number of hydrogen-bond donors (Lipinski definition) is 1. The summed E-state index contributed by atoms with van der Waals surface area (Å²) in [5, 5.41) is 0. The van der Waals surface area contributed by atoms with Crippen LogP contribution >= 0.6 is 0 Å². The van der Waals surface area contributed by atoms with Crippen molar-refractivity contribution in [2.45, 2.75) is 66.3 Å². The van der Waals surface area contributed by atoms with Crippen molar-refractivity contribution in [1.82, 2.24) is 9.55 Å². The van der Waals surface area contributed by atoms with E-state index in [0.717, 1.165) is 30.3 Å². The van der Waals surface area contributed by atoms with Crippen molar-refractivity contribution in [2.24, 2.45) is 5.92 Å². The maximum Gasteiger partial charge on any atom is 0.127 e. The highest BCUT2D eigenvalue weighted by molar-refractivity contribution is 5.41. The van der Waals surface area contributed by atoms with Gasteiger partial charge in [0.1, 0.15) is 11.6 Å². The van der Waals surface area contributed by atoms with Crippen molar-refractivity contribution in [3.8, 4) is 0 Å². The number of rotatable bonds is 5. The molecule has 98 valence electrons. The van der Waals surface area contributed by atoms with Gasteiger partial charge < -0.3 is 10.3 Å². The molecule has 1 heterocycles. The van der Waals surface area contributed by atoms with E-state index >= 15 is 0 Å². The van der Waals surface area contributed by atoms with Crippen molar-refractivity contribution >= 4 is 5.82 Å². The quantitative estimate of drug-likeness (QED) is 0.847. The molecule has 1 unspecified atom stereocenters. The van der Waals surface area contributed by atoms with Crippen LogP contribution in [0.15, 0.2) is 0 Å². The van der Waals surface area contributed by atoms with Gasteiger partial charge in [0.25, 0.3) is 0 Å². The van der Waals surface area contributed by atoms with Gasteiger partial charge in [0, 0.05) is 18.4 Å². The fraction of sp³-hybridized carbons (Fsp3) is 0.786. The summed E-state index contributed by atoms with van der Waals surface area (Å²) in [4.78, 5) is 4.77. The van der Waals surface area contributed by atoms with E-state index in [2.05, 4.69) is 46.1 Å². The first-order valence-electron chi connectivity index (χ1n) is 6.74. The molecule has 0 radical (unpaired) electrons. The Morgan fingerprint density at radius 3 is 2.12 bits per heavy atom. The highest BCUT2D eigenvalue weighted by Gasteiger charge is 2.20. The van der Waals surface area contributed by atoms with Gasteiger partial charge in [-0.3, -0.25) is 0 Å². The fourth-order valence-corrected chi connectivity index (χ4v) is 2.46. The fourth-order valence-electron chi connectivity index (χ4n) is 2.46. The summed E-state index contributed by atoms with van der Waals surface area (Å²) in [5.41, 5.74) is 7.32. The van der Waals surface area contributed by atoms with Gasteiger partial charge in [0.05, 0.1) is 5.69 Å². The van der Waals surface area contributed by atoms with Crippen LogP contribution in [0.1, 0.15) is 71.3 Å². The van der Waals surface area contributed by atoms with Gasteiger partial charge in [-0.05, 0) is 19.3 Å². The molecule has 0 fully saturated rings. The van der Waals surface area contributed by atoms with E-state index in [1.165, 1.54) is 0 Å². The Labute approximate surface area is 105 Å². The standard InChI is InChI=1S/C14H27N3/c1-7-17-13(15)12(11(6)8-9(2)3)16-14(17)10(4)5/h9-11H,7-8,15H2,1-6H3. The van der Waals surface area contributed by atoms with Crippen molar-refractivity contribution in [2.75, 3.05) is 5.73 Å². The van der Waals surface area contributed by atoms with Gasteiger partial charge in [-0.2, -0.15) is 0 Å². The Morgan fingerprint density at radius 2 is 1.76 bits per heavy atom. The third-order valence-corrected chi connectivity index (χ3v) is 3.19. The summed E-state index contributed by atoms with van der Waals surface area (Å²) >= 11 is 0. The van der Waals surface area contributed by atoms with E-state index in [4.69, 9.17) is 10.7 Å². The molecule has 17 heavy (non-hydrogen) atoms. The highest BCUT2D eigenvalue weighted by atomic mass is 15.1. The Morgan fingerprint density at radius 1 is 1.18 bits per heavy atom. The van der Waals surface area contributed by atoms with Crippen LogP contribution in [0.2, 0.25) is 0 Å². The molecule has 3 heteroatoms. The lowest BCUT2D eigenvalue weighted by Crippen LogP contribution is -2.07. The molecule has 1 atom stereocenters. The highest BCUT2D eigenvalue weighted by Crippen LogP contribution is 2.30. The molecule has 0 aliphatic carbocycles. The second-order valence-electron chi connectivity index (χ2n) is 5.67. The molecule has 0 aromatic carbocycles. The Balaban J connectivity index is 3.09. The molecule has 0 amide bonds. The van der Waals surface area contributed by atoms with Crippen LogP contribution in [0.3, 0.4) is 0 Å². The topological polar surface area (TPSA) is 43.8 Å². The van der Waals surface area contributed by atoms with E-state index in [0.29, 0.717) is 17.8 Å². The summed E-state index contributed by atoms with van der Waals surface area (Å²) in [6.07, 6.45) is 1.14. The minimum absolute atomic E-state index is 0.428. The number of nitrogens with zero attached hydrogens (tertiary/aromatic N) is 2. The minimum atomic E-state index is 0.428. The number of hydrogen-bond acceptors (Lipinski definition) is 2. The molecule has 1 aromatic rings. The smallest absolute Gasteiger partial charge is 0.127 e. The first-order chi connectivity index (χ1) is 7.88. The van der Waals surface area contributed by atoms with Crippen LogP contribution in [-0.2, 0) is 6.54 Å². The van der Waals surface area contributed by atoms with E-state index in [9.17, 15) is 0 Å². The summed E-state index contributed by atoms with van der Waals surface area (Å²) in [7, 11) is 0. The summed E-state index contributed by atoms with van der Waals surface area (Å²) < 4.78 is 2.15. The lowest BCUT2D eigenvalue weighted by molar-refractivity contribution is 0.517. The molecule has 0 aliphatic heterocycles. The first-order valence-corrected chi connectivity index (χ1v) is 6.74. The first kappa shape index (κ1) is 14.1. The van der Waals surface area contributed by atoms with Crippen LogP contribution < -0.4 is 5.73 Å². The van der Waals surface area contributed by atoms with Gasteiger partial charge in [-0.15, -0.1) is 0 Å². The van der Waals surface area contributed by atoms with Crippen molar-refractivity contribution in [1.29, 1.82) is 0 Å². The Bertz CT molecular complexity index is 364. The molecule has 0 bridgehead atoms. The Hall–Kier alpha value is -0.990. The third kappa shape index (κ3) is 3.02. The van der Waals surface area contributed by atoms with Crippen LogP contribution in [-0.4, -0.2) is 9.55 Å². The molecule has 0 saturated heterocycles. The summed E-state index contributed by atoms with van der Waals surface area (Å²) in [6.45, 7) is 14.1. The lowest BCUT2D eigenvalue weighted by Gasteiger charge is -2.12. The maximum absolute atomic E-state index is 6.23. The molecular formula is C14H27N3. The molecular weight excluding hydrogens is 210 g/mol. The normalized spacial score (nSPS) is 13.6. The number of nitrogen functional groups attached to an aromatic ring is 1. The molecule has 0 saturated carbocycles. The average Bonchev–Trinajstić information content (AvgIpc) is 2.54. The van der Waals surface area contributed by atoms with E-state index in [1.807, 2.05) is 0 Å². The van der Waals surface area contributed by atoms with Gasteiger partial charge in [0.15, 0.2) is 0 Å². The zero-order valence-electron chi connectivity index (χ0n) is 12.1. The number of nitrogens with two attached hydrogens (primary N) is 1. The monoisotopic (exact) mass is 237 g/mol. The zero-order chi connectivity index (χ0) is 13.2. The lowest BCUT2D eigenvalue weighted by atomic mass is 9.96. The average molecular weight is 237 g/mol. The Kier molecular flexibility index (Phi) is 4.61. The van der Waals surface area contributed by atoms with Gasteiger partial charge in [0.2, 0.25) is 0 Å². The summed E-state index contributed by atoms with van der Waals surface area (Å²) in [5.74, 6) is 3.54. The van der Waals surface area contributed by atoms with Crippen LogP contribution in [0.5, 0.6) is 0 Å². The number of imidazole rings is 1. The van der Waals surface area contributed by atoms with Crippen LogP contribution in [0, 0.1) is 5.92 Å². The van der Waals surface area contributed by atoms with Crippen molar-refractivity contribution < 1.29 is 0 Å². The van der Waals surface area contributed by atoms with Gasteiger partial charge in [-0.25, -0.2) is 4.98 Å². The van der Waals surface area contributed by atoms with Crippen molar-refractivity contribution in [3.63, 3.8) is 0 Å². The minimum Gasteiger partial charge on any atom is -0.384 e. The van der Waals surface area contributed by atoms with E-state index in [1.54, 1.807) is 0 Å². The van der Waals surface area contributed by atoms with Crippen LogP contribution in [0.4, 0.5) is 5.82 Å². The zero-order valence-corrected chi connectivity index (χ0v) is 12.1. The van der Waals surface area contributed by atoms with E-state index in [-0.39, 0.29) is 0 Å². The second kappa shape index (κ2) is 5.56. The molecule has 1 rings (SSSR count). The number of aromatic nitrogens is 2.